The normalized spacial score (nSPS) is 25.7. The van der Waals surface area contributed by atoms with Gasteiger partial charge in [0.2, 0.25) is 0 Å². The van der Waals surface area contributed by atoms with Gasteiger partial charge in [0, 0.05) is 19.6 Å². The average Bonchev–Trinajstić information content (AvgIpc) is 2.73. The molecule has 0 bridgehead atoms. The van der Waals surface area contributed by atoms with Crippen LogP contribution in [0.1, 0.15) is 26.7 Å². The van der Waals surface area contributed by atoms with E-state index < -0.39 is 0 Å². The third-order valence-corrected chi connectivity index (χ3v) is 3.61. The lowest BCUT2D eigenvalue weighted by molar-refractivity contribution is -0.152. The van der Waals surface area contributed by atoms with E-state index in [-0.39, 0.29) is 5.79 Å². The summed E-state index contributed by atoms with van der Waals surface area (Å²) in [6.07, 6.45) is 7.70. The van der Waals surface area contributed by atoms with Crippen LogP contribution in [0.4, 0.5) is 0 Å². The molecule has 0 amide bonds. The topological polar surface area (TPSA) is 21.8 Å². The molecule has 0 radical (unpaired) electrons. The molecule has 1 atom stereocenters. The van der Waals surface area contributed by atoms with Crippen molar-refractivity contribution in [1.82, 2.24) is 20.2 Å². The van der Waals surface area contributed by atoms with Crippen molar-refractivity contribution in [2.75, 3.05) is 40.3 Å². The Hall–Kier alpha value is -0.600. The van der Waals surface area contributed by atoms with Crippen molar-refractivity contribution in [3.63, 3.8) is 0 Å². The van der Waals surface area contributed by atoms with Crippen LogP contribution in [0.25, 0.3) is 0 Å². The molecule has 17 heavy (non-hydrogen) atoms. The Morgan fingerprint density at radius 1 is 1.35 bits per heavy atom. The second-order valence-corrected chi connectivity index (χ2v) is 4.63. The van der Waals surface area contributed by atoms with Crippen molar-refractivity contribution in [1.29, 1.82) is 0 Å². The van der Waals surface area contributed by atoms with Gasteiger partial charge in [0.25, 0.3) is 0 Å². The maximum Gasteiger partial charge on any atom is 0.141 e. The van der Waals surface area contributed by atoms with Gasteiger partial charge in [0.1, 0.15) is 5.79 Å². The Kier molecular flexibility index (Phi) is 5.41. The van der Waals surface area contributed by atoms with Crippen LogP contribution in [0, 0.1) is 12.3 Å². The van der Waals surface area contributed by atoms with Crippen molar-refractivity contribution < 1.29 is 0 Å². The predicted molar refractivity (Wildman–Crippen MR) is 72.1 cm³/mol. The zero-order chi connectivity index (χ0) is 12.9. The largest absolute Gasteiger partial charge is 0.278 e. The van der Waals surface area contributed by atoms with Crippen LogP contribution in [0.2, 0.25) is 0 Å². The minimum atomic E-state index is -0.113. The maximum absolute atomic E-state index is 5.39. The minimum absolute atomic E-state index is 0.113. The first-order valence-corrected chi connectivity index (χ1v) is 6.50. The van der Waals surface area contributed by atoms with Gasteiger partial charge in [-0.2, -0.15) is 0 Å². The number of hydrazine groups is 1. The molecule has 1 fully saturated rings. The Balaban J connectivity index is 2.89. The molecule has 1 saturated heterocycles. The van der Waals surface area contributed by atoms with E-state index in [0.29, 0.717) is 6.54 Å². The molecule has 1 N–H and O–H groups in total. The SMILES string of the molecule is C#CCNC1(N(C)C)CCCN1N(CC)CC. The molecule has 0 aromatic carbocycles. The minimum Gasteiger partial charge on any atom is -0.278 e. The van der Waals surface area contributed by atoms with Gasteiger partial charge >= 0.3 is 0 Å². The average molecular weight is 238 g/mol. The van der Waals surface area contributed by atoms with Gasteiger partial charge in [0.15, 0.2) is 0 Å². The number of nitrogens with zero attached hydrogens (tertiary/aromatic N) is 3. The molecular formula is C13H26N4. The molecule has 1 unspecified atom stereocenters. The first-order chi connectivity index (χ1) is 8.12. The summed E-state index contributed by atoms with van der Waals surface area (Å²) in [6.45, 7) is 8.16. The second kappa shape index (κ2) is 6.36. The molecular weight excluding hydrogens is 212 g/mol. The third kappa shape index (κ3) is 2.80. The second-order valence-electron chi connectivity index (χ2n) is 4.63. The molecule has 1 rings (SSSR count). The van der Waals surface area contributed by atoms with Crippen LogP contribution < -0.4 is 5.32 Å². The zero-order valence-corrected chi connectivity index (χ0v) is 11.7. The molecule has 98 valence electrons. The molecule has 1 aliphatic rings. The van der Waals surface area contributed by atoms with Crippen LogP contribution >= 0.6 is 0 Å². The number of hydrogen-bond acceptors (Lipinski definition) is 4. The lowest BCUT2D eigenvalue weighted by atomic mass is 10.2. The van der Waals surface area contributed by atoms with E-state index in [4.69, 9.17) is 6.42 Å². The molecule has 0 aromatic rings. The fourth-order valence-electron chi connectivity index (χ4n) is 2.71. The van der Waals surface area contributed by atoms with Crippen molar-refractivity contribution in [2.45, 2.75) is 32.5 Å². The molecule has 1 heterocycles. The van der Waals surface area contributed by atoms with Crippen LogP contribution in [0.5, 0.6) is 0 Å². The van der Waals surface area contributed by atoms with Gasteiger partial charge < -0.3 is 0 Å². The van der Waals surface area contributed by atoms with Crippen LogP contribution in [0.15, 0.2) is 0 Å². The predicted octanol–water partition coefficient (Wildman–Crippen LogP) is 0.777. The van der Waals surface area contributed by atoms with Crippen molar-refractivity contribution >= 4 is 0 Å². The first kappa shape index (κ1) is 14.5. The van der Waals surface area contributed by atoms with Crippen molar-refractivity contribution in [2.24, 2.45) is 0 Å². The van der Waals surface area contributed by atoms with E-state index >= 15 is 0 Å². The summed E-state index contributed by atoms with van der Waals surface area (Å²) in [5.41, 5.74) is 0. The van der Waals surface area contributed by atoms with E-state index in [1.54, 1.807) is 0 Å². The maximum atomic E-state index is 5.39. The highest BCUT2D eigenvalue weighted by Gasteiger charge is 2.44. The highest BCUT2D eigenvalue weighted by Crippen LogP contribution is 2.30. The molecule has 4 heteroatoms. The Bertz CT molecular complexity index is 267. The lowest BCUT2D eigenvalue weighted by Gasteiger charge is -2.48. The summed E-state index contributed by atoms with van der Waals surface area (Å²) < 4.78 is 0. The summed E-state index contributed by atoms with van der Waals surface area (Å²) >= 11 is 0. The number of rotatable bonds is 6. The van der Waals surface area contributed by atoms with E-state index in [2.05, 4.69) is 54.1 Å². The smallest absolute Gasteiger partial charge is 0.141 e. The van der Waals surface area contributed by atoms with Crippen LogP contribution in [0.3, 0.4) is 0 Å². The Labute approximate surface area is 106 Å². The standard InChI is InChI=1S/C13H26N4/c1-6-11-14-13(15(4)5)10-9-12-17(13)16(7-2)8-3/h1,14H,7-12H2,2-5H3. The summed E-state index contributed by atoms with van der Waals surface area (Å²) in [5.74, 6) is 2.57. The van der Waals surface area contributed by atoms with E-state index in [1.807, 2.05) is 0 Å². The summed E-state index contributed by atoms with van der Waals surface area (Å²) in [5, 5.41) is 8.34. The van der Waals surface area contributed by atoms with Crippen molar-refractivity contribution in [3.8, 4) is 12.3 Å². The van der Waals surface area contributed by atoms with Gasteiger partial charge in [-0.15, -0.1) is 6.42 Å². The fourth-order valence-corrected chi connectivity index (χ4v) is 2.71. The Morgan fingerprint density at radius 3 is 2.47 bits per heavy atom. The highest BCUT2D eigenvalue weighted by atomic mass is 15.7. The van der Waals surface area contributed by atoms with Crippen LogP contribution in [-0.4, -0.2) is 61.0 Å². The van der Waals surface area contributed by atoms with E-state index in [9.17, 15) is 0 Å². The van der Waals surface area contributed by atoms with Gasteiger partial charge in [-0.05, 0) is 26.9 Å². The molecule has 4 nitrogen and oxygen atoms in total. The van der Waals surface area contributed by atoms with E-state index in [1.165, 1.54) is 6.42 Å². The Morgan fingerprint density at radius 2 is 2.00 bits per heavy atom. The van der Waals surface area contributed by atoms with E-state index in [0.717, 1.165) is 26.1 Å². The number of terminal acetylenes is 1. The van der Waals surface area contributed by atoms with Crippen LogP contribution in [-0.2, 0) is 0 Å². The number of nitrogens with one attached hydrogen (secondary N) is 1. The summed E-state index contributed by atoms with van der Waals surface area (Å²) in [6, 6.07) is 0. The monoisotopic (exact) mass is 238 g/mol. The van der Waals surface area contributed by atoms with Gasteiger partial charge in [-0.3, -0.25) is 10.2 Å². The van der Waals surface area contributed by atoms with Gasteiger partial charge in [-0.25, -0.2) is 10.0 Å². The molecule has 1 aliphatic heterocycles. The summed E-state index contributed by atoms with van der Waals surface area (Å²) in [4.78, 5) is 2.25. The molecule has 0 aromatic heterocycles. The summed E-state index contributed by atoms with van der Waals surface area (Å²) in [7, 11) is 4.23. The zero-order valence-electron chi connectivity index (χ0n) is 11.7. The molecule has 0 spiro atoms. The molecule has 0 saturated carbocycles. The highest BCUT2D eigenvalue weighted by molar-refractivity contribution is 4.96. The first-order valence-electron chi connectivity index (χ1n) is 6.50. The third-order valence-electron chi connectivity index (χ3n) is 3.61. The molecule has 0 aliphatic carbocycles. The van der Waals surface area contributed by atoms with Gasteiger partial charge in [-0.1, -0.05) is 19.8 Å². The fraction of sp³-hybridized carbons (Fsp3) is 0.846. The number of hydrogen-bond donors (Lipinski definition) is 1. The van der Waals surface area contributed by atoms with Gasteiger partial charge in [0.05, 0.1) is 6.54 Å². The quantitative estimate of drug-likeness (QED) is 0.545. The van der Waals surface area contributed by atoms with Crippen molar-refractivity contribution in [3.05, 3.63) is 0 Å². The lowest BCUT2D eigenvalue weighted by Crippen LogP contribution is -2.68.